The van der Waals surface area contributed by atoms with Gasteiger partial charge in [-0.1, -0.05) is 6.92 Å². The number of carboxylic acids is 1. The Balaban J connectivity index is 2.01. The van der Waals surface area contributed by atoms with Crippen LogP contribution >= 0.6 is 0 Å². The van der Waals surface area contributed by atoms with Crippen LogP contribution in [0.3, 0.4) is 0 Å². The lowest BCUT2D eigenvalue weighted by molar-refractivity contribution is -0.144. The fraction of sp³-hybridized carbons (Fsp3) is 0.786. The summed E-state index contributed by atoms with van der Waals surface area (Å²) in [5.41, 5.74) is 0. The molecule has 0 bridgehead atoms. The second-order valence-electron chi connectivity index (χ2n) is 5.79. The van der Waals surface area contributed by atoms with Gasteiger partial charge in [-0.2, -0.15) is 0 Å². The molecule has 2 aliphatic rings. The van der Waals surface area contributed by atoms with Crippen molar-refractivity contribution in [2.75, 3.05) is 19.6 Å². The molecule has 1 heterocycles. The van der Waals surface area contributed by atoms with Crippen LogP contribution in [0.1, 0.15) is 33.1 Å². The van der Waals surface area contributed by atoms with Crippen molar-refractivity contribution in [2.45, 2.75) is 39.2 Å². The number of aliphatic carboxylic acids is 1. The zero-order chi connectivity index (χ0) is 14.9. The number of carbonyl (C=O) groups excluding carboxylic acids is 2. The molecule has 2 amide bonds. The molecule has 112 valence electrons. The normalized spacial score (nSPS) is 23.8. The van der Waals surface area contributed by atoms with Crippen molar-refractivity contribution in [2.24, 2.45) is 11.8 Å². The average molecular weight is 282 g/mol. The Hall–Kier alpha value is -1.59. The minimum Gasteiger partial charge on any atom is -0.481 e. The van der Waals surface area contributed by atoms with E-state index < -0.39 is 11.9 Å². The van der Waals surface area contributed by atoms with E-state index in [4.69, 9.17) is 5.11 Å². The van der Waals surface area contributed by atoms with Crippen molar-refractivity contribution in [3.05, 3.63) is 0 Å². The second-order valence-corrected chi connectivity index (χ2v) is 5.79. The van der Waals surface area contributed by atoms with Crippen molar-refractivity contribution in [1.29, 1.82) is 0 Å². The van der Waals surface area contributed by atoms with E-state index in [2.05, 4.69) is 0 Å². The predicted octanol–water partition coefficient (Wildman–Crippen LogP) is 0.566. The third kappa shape index (κ3) is 3.11. The molecule has 2 unspecified atom stereocenters. The number of likely N-dealkylation sites (tertiary alicyclic amines) is 1. The molecule has 0 spiro atoms. The van der Waals surface area contributed by atoms with Crippen LogP contribution in [-0.2, 0) is 14.4 Å². The minimum atomic E-state index is -0.888. The fourth-order valence-electron chi connectivity index (χ4n) is 2.66. The first-order valence-electron chi connectivity index (χ1n) is 7.25. The van der Waals surface area contributed by atoms with Gasteiger partial charge in [-0.3, -0.25) is 14.4 Å². The summed E-state index contributed by atoms with van der Waals surface area (Å²) in [6, 6.07) is 0.176. The SMILES string of the molecule is CCN1CC(C(=O)N(CC(C)C(=O)O)C2CC2)CC1=O. The van der Waals surface area contributed by atoms with Gasteiger partial charge in [-0.15, -0.1) is 0 Å². The lowest BCUT2D eigenvalue weighted by atomic mass is 10.1. The van der Waals surface area contributed by atoms with Gasteiger partial charge in [0.2, 0.25) is 11.8 Å². The Kier molecular flexibility index (Phi) is 4.30. The smallest absolute Gasteiger partial charge is 0.308 e. The Labute approximate surface area is 118 Å². The number of hydrogen-bond donors (Lipinski definition) is 1. The zero-order valence-corrected chi connectivity index (χ0v) is 12.0. The molecule has 0 aromatic heterocycles. The summed E-state index contributed by atoms with van der Waals surface area (Å²) in [7, 11) is 0. The fourth-order valence-corrected chi connectivity index (χ4v) is 2.66. The lowest BCUT2D eigenvalue weighted by Gasteiger charge is -2.27. The van der Waals surface area contributed by atoms with Gasteiger partial charge >= 0.3 is 5.97 Å². The van der Waals surface area contributed by atoms with Gasteiger partial charge in [0.05, 0.1) is 11.8 Å². The van der Waals surface area contributed by atoms with E-state index in [0.717, 1.165) is 12.8 Å². The molecule has 0 aromatic carbocycles. The molecule has 1 saturated carbocycles. The molecule has 2 atom stereocenters. The molecule has 1 saturated heterocycles. The van der Waals surface area contributed by atoms with E-state index in [-0.39, 0.29) is 36.7 Å². The molecule has 2 fully saturated rings. The highest BCUT2D eigenvalue weighted by molar-refractivity contribution is 5.89. The monoisotopic (exact) mass is 282 g/mol. The molecule has 6 heteroatoms. The van der Waals surface area contributed by atoms with Crippen molar-refractivity contribution >= 4 is 17.8 Å². The molecule has 0 aromatic rings. The maximum absolute atomic E-state index is 12.5. The molecule has 1 aliphatic heterocycles. The lowest BCUT2D eigenvalue weighted by Crippen LogP contribution is -2.42. The van der Waals surface area contributed by atoms with Gasteiger partial charge in [0.15, 0.2) is 0 Å². The van der Waals surface area contributed by atoms with Gasteiger partial charge in [-0.05, 0) is 19.8 Å². The number of carbonyl (C=O) groups is 3. The average Bonchev–Trinajstić information content (AvgIpc) is 3.17. The van der Waals surface area contributed by atoms with Crippen LogP contribution < -0.4 is 0 Å². The summed E-state index contributed by atoms with van der Waals surface area (Å²) in [4.78, 5) is 38.6. The van der Waals surface area contributed by atoms with E-state index in [9.17, 15) is 14.4 Å². The molecule has 6 nitrogen and oxygen atoms in total. The maximum atomic E-state index is 12.5. The van der Waals surface area contributed by atoms with Crippen LogP contribution in [0.25, 0.3) is 0 Å². The highest BCUT2D eigenvalue weighted by atomic mass is 16.4. The summed E-state index contributed by atoms with van der Waals surface area (Å²) < 4.78 is 0. The Morgan fingerprint density at radius 3 is 2.55 bits per heavy atom. The molecule has 20 heavy (non-hydrogen) atoms. The van der Waals surface area contributed by atoms with E-state index in [0.29, 0.717) is 13.1 Å². The first-order chi connectivity index (χ1) is 9.43. The van der Waals surface area contributed by atoms with Crippen LogP contribution in [-0.4, -0.2) is 58.4 Å². The summed E-state index contributed by atoms with van der Waals surface area (Å²) in [5, 5.41) is 9.00. The van der Waals surface area contributed by atoms with Crippen molar-refractivity contribution in [3.8, 4) is 0 Å². The summed E-state index contributed by atoms with van der Waals surface area (Å²) in [6.45, 7) is 4.85. The van der Waals surface area contributed by atoms with E-state index >= 15 is 0 Å². The summed E-state index contributed by atoms with van der Waals surface area (Å²) >= 11 is 0. The number of nitrogens with zero attached hydrogens (tertiary/aromatic N) is 2. The molecule has 0 radical (unpaired) electrons. The largest absolute Gasteiger partial charge is 0.481 e. The standard InChI is InChI=1S/C14H22N2O4/c1-3-15-8-10(6-12(15)17)13(18)16(11-4-5-11)7-9(2)14(19)20/h9-11H,3-8H2,1-2H3,(H,19,20). The highest BCUT2D eigenvalue weighted by Gasteiger charge is 2.41. The summed E-state index contributed by atoms with van der Waals surface area (Å²) in [5.74, 6) is -1.79. The van der Waals surface area contributed by atoms with E-state index in [1.807, 2.05) is 6.92 Å². The predicted molar refractivity (Wildman–Crippen MR) is 71.9 cm³/mol. The zero-order valence-electron chi connectivity index (χ0n) is 12.0. The quantitative estimate of drug-likeness (QED) is 0.772. The third-order valence-electron chi connectivity index (χ3n) is 4.11. The Bertz CT molecular complexity index is 419. The maximum Gasteiger partial charge on any atom is 0.308 e. The molecule has 1 aliphatic carbocycles. The van der Waals surface area contributed by atoms with E-state index in [1.165, 1.54) is 0 Å². The topological polar surface area (TPSA) is 77.9 Å². The Morgan fingerprint density at radius 1 is 1.45 bits per heavy atom. The van der Waals surface area contributed by atoms with Crippen LogP contribution in [0.5, 0.6) is 0 Å². The van der Waals surface area contributed by atoms with Gasteiger partial charge in [0, 0.05) is 32.1 Å². The van der Waals surface area contributed by atoms with Crippen LogP contribution in [0.4, 0.5) is 0 Å². The van der Waals surface area contributed by atoms with Crippen LogP contribution in [0.15, 0.2) is 0 Å². The van der Waals surface area contributed by atoms with Crippen molar-refractivity contribution in [1.82, 2.24) is 9.80 Å². The third-order valence-corrected chi connectivity index (χ3v) is 4.11. The van der Waals surface area contributed by atoms with Crippen LogP contribution in [0, 0.1) is 11.8 Å². The van der Waals surface area contributed by atoms with Crippen molar-refractivity contribution < 1.29 is 19.5 Å². The van der Waals surface area contributed by atoms with Gasteiger partial charge in [-0.25, -0.2) is 0 Å². The van der Waals surface area contributed by atoms with Crippen molar-refractivity contribution in [3.63, 3.8) is 0 Å². The molecular formula is C14H22N2O4. The molecule has 1 N–H and O–H groups in total. The van der Waals surface area contributed by atoms with Gasteiger partial charge in [0.25, 0.3) is 0 Å². The molecule has 2 rings (SSSR count). The first-order valence-corrected chi connectivity index (χ1v) is 7.25. The van der Waals surface area contributed by atoms with Gasteiger partial charge in [0.1, 0.15) is 0 Å². The minimum absolute atomic E-state index is 0.0212. The number of carboxylic acid groups (broad SMARTS) is 1. The second kappa shape index (κ2) is 5.81. The Morgan fingerprint density at radius 2 is 2.10 bits per heavy atom. The van der Waals surface area contributed by atoms with E-state index in [1.54, 1.807) is 16.7 Å². The first kappa shape index (κ1) is 14.8. The number of rotatable bonds is 6. The number of amides is 2. The van der Waals surface area contributed by atoms with Crippen LogP contribution in [0.2, 0.25) is 0 Å². The number of hydrogen-bond acceptors (Lipinski definition) is 3. The van der Waals surface area contributed by atoms with Gasteiger partial charge < -0.3 is 14.9 Å². The summed E-state index contributed by atoms with van der Waals surface area (Å²) in [6.07, 6.45) is 2.14. The highest BCUT2D eigenvalue weighted by Crippen LogP contribution is 2.31. The molecular weight excluding hydrogens is 260 g/mol.